The van der Waals surface area contributed by atoms with Crippen molar-refractivity contribution >= 4 is 11.9 Å². The molecular formula is C28H30O3. The third kappa shape index (κ3) is 6.16. The summed E-state index contributed by atoms with van der Waals surface area (Å²) in [7, 11) is 1.65. The van der Waals surface area contributed by atoms with E-state index in [9.17, 15) is 4.79 Å². The molecule has 0 fully saturated rings. The lowest BCUT2D eigenvalue weighted by Gasteiger charge is -2.32. The molecule has 3 aromatic carbocycles. The normalized spacial score (nSPS) is 12.1. The number of ether oxygens (including phenoxy) is 2. The van der Waals surface area contributed by atoms with Crippen LogP contribution in [0, 0.1) is 5.41 Å². The molecule has 0 aromatic heterocycles. The molecule has 0 radical (unpaired) electrons. The standard InChI is InChI=1S/C28H30O3/c1-28(2,27(18-19-29)31-21-22-14-16-25(30-3)17-15-22)20-26(23-10-6-4-7-11-23)24-12-8-5-9-13-24/h4-17,19-20,27H,18,21H2,1-3H3/t27-/m0/s1. The van der Waals surface area contributed by atoms with E-state index in [-0.39, 0.29) is 11.5 Å². The molecule has 0 spiro atoms. The van der Waals surface area contributed by atoms with Crippen molar-refractivity contribution in [2.75, 3.05) is 7.11 Å². The predicted molar refractivity (Wildman–Crippen MR) is 126 cm³/mol. The summed E-state index contributed by atoms with van der Waals surface area (Å²) in [5.74, 6) is 0.812. The van der Waals surface area contributed by atoms with Gasteiger partial charge in [-0.15, -0.1) is 0 Å². The van der Waals surface area contributed by atoms with Gasteiger partial charge in [0.05, 0.1) is 19.8 Å². The Hall–Kier alpha value is -3.17. The summed E-state index contributed by atoms with van der Waals surface area (Å²) in [6, 6.07) is 28.5. The van der Waals surface area contributed by atoms with Crippen molar-refractivity contribution in [3.63, 3.8) is 0 Å². The minimum absolute atomic E-state index is 0.255. The fourth-order valence-electron chi connectivity index (χ4n) is 3.63. The van der Waals surface area contributed by atoms with Crippen molar-refractivity contribution in [3.8, 4) is 5.75 Å². The van der Waals surface area contributed by atoms with Gasteiger partial charge in [-0.3, -0.25) is 0 Å². The molecule has 31 heavy (non-hydrogen) atoms. The summed E-state index contributed by atoms with van der Waals surface area (Å²) < 4.78 is 11.5. The zero-order chi connectivity index (χ0) is 22.1. The van der Waals surface area contributed by atoms with Gasteiger partial charge in [-0.25, -0.2) is 0 Å². The second-order valence-corrected chi connectivity index (χ2v) is 8.16. The number of hydrogen-bond donors (Lipinski definition) is 0. The first-order valence-electron chi connectivity index (χ1n) is 10.6. The maximum atomic E-state index is 11.5. The summed E-state index contributed by atoms with van der Waals surface area (Å²) in [6.07, 6.45) is 3.25. The maximum Gasteiger partial charge on any atom is 0.122 e. The van der Waals surface area contributed by atoms with E-state index in [0.29, 0.717) is 13.0 Å². The van der Waals surface area contributed by atoms with Gasteiger partial charge in [0.1, 0.15) is 12.0 Å². The number of carbonyl (C=O) groups is 1. The first kappa shape index (κ1) is 22.5. The minimum atomic E-state index is -0.367. The molecule has 3 heteroatoms. The van der Waals surface area contributed by atoms with Gasteiger partial charge in [0.25, 0.3) is 0 Å². The molecule has 0 saturated heterocycles. The largest absolute Gasteiger partial charge is 0.497 e. The number of benzene rings is 3. The van der Waals surface area contributed by atoms with E-state index < -0.39 is 0 Å². The number of rotatable bonds is 10. The third-order valence-electron chi connectivity index (χ3n) is 5.44. The van der Waals surface area contributed by atoms with Crippen LogP contribution in [-0.2, 0) is 16.1 Å². The summed E-state index contributed by atoms with van der Waals surface area (Å²) in [4.78, 5) is 11.5. The molecule has 3 rings (SSSR count). The van der Waals surface area contributed by atoms with Crippen LogP contribution in [0.1, 0.15) is 37.0 Å². The smallest absolute Gasteiger partial charge is 0.122 e. The van der Waals surface area contributed by atoms with Crippen LogP contribution in [0.5, 0.6) is 5.75 Å². The third-order valence-corrected chi connectivity index (χ3v) is 5.44. The molecule has 1 atom stereocenters. The van der Waals surface area contributed by atoms with Gasteiger partial charge in [0.15, 0.2) is 0 Å². The molecule has 0 N–H and O–H groups in total. The Kier molecular flexibility index (Phi) is 7.80. The number of methoxy groups -OCH3 is 1. The van der Waals surface area contributed by atoms with Crippen molar-refractivity contribution in [1.29, 1.82) is 0 Å². The molecule has 3 nitrogen and oxygen atoms in total. The molecule has 0 aliphatic heterocycles. The molecule has 0 saturated carbocycles. The van der Waals surface area contributed by atoms with Gasteiger partial charge >= 0.3 is 0 Å². The minimum Gasteiger partial charge on any atom is -0.497 e. The molecular weight excluding hydrogens is 384 g/mol. The second-order valence-electron chi connectivity index (χ2n) is 8.16. The van der Waals surface area contributed by atoms with Crippen LogP contribution in [0.25, 0.3) is 5.57 Å². The van der Waals surface area contributed by atoms with E-state index in [0.717, 1.165) is 34.3 Å². The molecule has 3 aromatic rings. The van der Waals surface area contributed by atoms with Crippen LogP contribution in [0.4, 0.5) is 0 Å². The quantitative estimate of drug-likeness (QED) is 0.364. The van der Waals surface area contributed by atoms with Crippen LogP contribution >= 0.6 is 0 Å². The molecule has 0 aliphatic carbocycles. The van der Waals surface area contributed by atoms with E-state index in [1.54, 1.807) is 7.11 Å². The van der Waals surface area contributed by atoms with E-state index in [1.807, 2.05) is 60.7 Å². The van der Waals surface area contributed by atoms with E-state index >= 15 is 0 Å². The highest BCUT2D eigenvalue weighted by Crippen LogP contribution is 2.34. The molecule has 0 heterocycles. The zero-order valence-corrected chi connectivity index (χ0v) is 18.5. The Bertz CT molecular complexity index is 932. The van der Waals surface area contributed by atoms with Crippen molar-refractivity contribution < 1.29 is 14.3 Å². The fraction of sp³-hybridized carbons (Fsp3) is 0.250. The highest BCUT2D eigenvalue weighted by atomic mass is 16.5. The Morgan fingerprint density at radius 2 is 1.42 bits per heavy atom. The zero-order valence-electron chi connectivity index (χ0n) is 18.5. The Balaban J connectivity index is 1.89. The van der Waals surface area contributed by atoms with Crippen LogP contribution in [0.3, 0.4) is 0 Å². The highest BCUT2D eigenvalue weighted by Gasteiger charge is 2.29. The van der Waals surface area contributed by atoms with E-state index in [4.69, 9.17) is 9.47 Å². The maximum absolute atomic E-state index is 11.5. The number of carbonyl (C=O) groups excluding carboxylic acids is 1. The van der Waals surface area contributed by atoms with Crippen molar-refractivity contribution in [3.05, 3.63) is 108 Å². The average Bonchev–Trinajstić information content (AvgIpc) is 2.81. The topological polar surface area (TPSA) is 35.5 Å². The summed E-state index contributed by atoms with van der Waals surface area (Å²) in [5.41, 5.74) is 4.09. The summed E-state index contributed by atoms with van der Waals surface area (Å²) >= 11 is 0. The number of hydrogen-bond acceptors (Lipinski definition) is 3. The van der Waals surface area contributed by atoms with Gasteiger partial charge in [0, 0.05) is 11.8 Å². The summed E-state index contributed by atoms with van der Waals surface area (Å²) in [6.45, 7) is 4.69. The SMILES string of the molecule is COc1ccc(CO[C@@H](CC=O)C(C)(C)C=C(c2ccccc2)c2ccccc2)cc1. The monoisotopic (exact) mass is 414 g/mol. The van der Waals surface area contributed by atoms with Gasteiger partial charge in [-0.1, -0.05) is 92.7 Å². The van der Waals surface area contributed by atoms with Crippen LogP contribution in [-0.4, -0.2) is 19.5 Å². The lowest BCUT2D eigenvalue weighted by molar-refractivity contribution is -0.113. The van der Waals surface area contributed by atoms with Crippen LogP contribution < -0.4 is 4.74 Å². The Morgan fingerprint density at radius 1 is 0.871 bits per heavy atom. The Labute approximate surface area is 185 Å². The van der Waals surface area contributed by atoms with E-state index in [1.165, 1.54) is 0 Å². The van der Waals surface area contributed by atoms with Crippen LogP contribution in [0.15, 0.2) is 91.0 Å². The number of aldehydes is 1. The Morgan fingerprint density at radius 3 is 1.90 bits per heavy atom. The average molecular weight is 415 g/mol. The van der Waals surface area contributed by atoms with Gasteiger partial charge < -0.3 is 14.3 Å². The fourth-order valence-corrected chi connectivity index (χ4v) is 3.63. The highest BCUT2D eigenvalue weighted by molar-refractivity contribution is 5.80. The first-order valence-corrected chi connectivity index (χ1v) is 10.6. The van der Waals surface area contributed by atoms with Crippen molar-refractivity contribution in [2.24, 2.45) is 5.41 Å². The van der Waals surface area contributed by atoms with Crippen LogP contribution in [0.2, 0.25) is 0 Å². The predicted octanol–water partition coefficient (Wildman–Crippen LogP) is 6.33. The lowest BCUT2D eigenvalue weighted by atomic mass is 9.80. The van der Waals surface area contributed by atoms with Gasteiger partial charge in [0.2, 0.25) is 0 Å². The second kappa shape index (κ2) is 10.7. The molecule has 160 valence electrons. The summed E-state index contributed by atoms with van der Waals surface area (Å²) in [5, 5.41) is 0. The molecule has 0 amide bonds. The van der Waals surface area contributed by atoms with Gasteiger partial charge in [-0.05, 0) is 34.4 Å². The molecule has 0 aliphatic rings. The first-order chi connectivity index (χ1) is 15.0. The molecule has 0 unspecified atom stereocenters. The lowest BCUT2D eigenvalue weighted by Crippen LogP contribution is -2.31. The molecule has 0 bridgehead atoms. The van der Waals surface area contributed by atoms with E-state index in [2.05, 4.69) is 44.2 Å². The van der Waals surface area contributed by atoms with Gasteiger partial charge in [-0.2, -0.15) is 0 Å². The van der Waals surface area contributed by atoms with Crippen molar-refractivity contribution in [2.45, 2.75) is 33.0 Å². The van der Waals surface area contributed by atoms with Crippen molar-refractivity contribution in [1.82, 2.24) is 0 Å².